The van der Waals surface area contributed by atoms with Crippen molar-refractivity contribution >= 4 is 24.0 Å². The van der Waals surface area contributed by atoms with E-state index in [1.807, 2.05) is 6.07 Å². The minimum atomic E-state index is 0. The Bertz CT molecular complexity index is 527. The zero-order valence-corrected chi connectivity index (χ0v) is 12.9. The van der Waals surface area contributed by atoms with Gasteiger partial charge in [0.05, 0.1) is 6.04 Å². The number of benzene rings is 1. The molecule has 1 fully saturated rings. The molecule has 1 aromatic rings. The maximum absolute atomic E-state index is 12.2. The van der Waals surface area contributed by atoms with Gasteiger partial charge in [0.1, 0.15) is 0 Å². The highest BCUT2D eigenvalue weighted by atomic mass is 35.5. The summed E-state index contributed by atoms with van der Waals surface area (Å²) in [4.78, 5) is 12.2. The van der Waals surface area contributed by atoms with Crippen molar-refractivity contribution in [1.82, 2.24) is 5.32 Å². The number of fused-ring (bicyclic) bond motifs is 1. The Morgan fingerprint density at radius 3 is 2.75 bits per heavy atom. The van der Waals surface area contributed by atoms with Crippen LogP contribution in [0.25, 0.3) is 0 Å². The van der Waals surface area contributed by atoms with Crippen LogP contribution >= 0.6 is 12.4 Å². The molecule has 110 valence electrons. The zero-order chi connectivity index (χ0) is 13.6. The van der Waals surface area contributed by atoms with Crippen LogP contribution in [0, 0.1) is 11.3 Å². The topological polar surface area (TPSA) is 55.1 Å². The van der Waals surface area contributed by atoms with E-state index < -0.39 is 0 Å². The number of amides is 1. The smallest absolute Gasteiger partial charge is 0.224 e. The lowest BCUT2D eigenvalue weighted by Gasteiger charge is -2.27. The van der Waals surface area contributed by atoms with E-state index in [1.54, 1.807) is 0 Å². The van der Waals surface area contributed by atoms with E-state index in [2.05, 4.69) is 31.3 Å². The Morgan fingerprint density at radius 1 is 1.40 bits per heavy atom. The van der Waals surface area contributed by atoms with E-state index in [0.29, 0.717) is 0 Å². The number of hydrogen-bond donors (Lipinski definition) is 2. The van der Waals surface area contributed by atoms with Gasteiger partial charge in [-0.15, -0.1) is 12.4 Å². The fourth-order valence-corrected chi connectivity index (χ4v) is 3.17. The molecule has 3 nitrogen and oxygen atoms in total. The highest BCUT2D eigenvalue weighted by Crippen LogP contribution is 2.52. The first kappa shape index (κ1) is 15.2. The van der Waals surface area contributed by atoms with Crippen LogP contribution in [0.15, 0.2) is 18.2 Å². The Labute approximate surface area is 126 Å². The number of halogens is 1. The lowest BCUT2D eigenvalue weighted by Crippen LogP contribution is -2.33. The number of nitrogen functional groups attached to an aromatic ring is 1. The average Bonchev–Trinajstić information content (AvgIpc) is 2.98. The number of rotatable bonds is 2. The monoisotopic (exact) mass is 294 g/mol. The summed E-state index contributed by atoms with van der Waals surface area (Å²) in [7, 11) is 0. The molecule has 0 aromatic heterocycles. The number of carbonyl (C=O) groups excluding carboxylic acids is 1. The van der Waals surface area contributed by atoms with Crippen molar-refractivity contribution in [2.24, 2.45) is 11.3 Å². The Morgan fingerprint density at radius 2 is 2.10 bits per heavy atom. The number of carbonyl (C=O) groups is 1. The lowest BCUT2D eigenvalue weighted by molar-refractivity contribution is -0.123. The van der Waals surface area contributed by atoms with Gasteiger partial charge in [0.2, 0.25) is 5.91 Å². The second-order valence-corrected chi connectivity index (χ2v) is 6.66. The van der Waals surface area contributed by atoms with E-state index in [1.165, 1.54) is 11.1 Å². The fourth-order valence-electron chi connectivity index (χ4n) is 3.17. The molecule has 2 unspecified atom stereocenters. The van der Waals surface area contributed by atoms with Crippen molar-refractivity contribution in [2.45, 2.75) is 45.6 Å². The molecule has 0 radical (unpaired) electrons. The molecule has 1 amide bonds. The minimum absolute atomic E-state index is 0. The molecule has 1 aromatic carbocycles. The van der Waals surface area contributed by atoms with Gasteiger partial charge in [-0.05, 0) is 54.4 Å². The molecule has 2 atom stereocenters. The number of nitrogens with one attached hydrogen (secondary N) is 1. The second kappa shape index (κ2) is 5.28. The molecule has 4 heteroatoms. The van der Waals surface area contributed by atoms with Gasteiger partial charge in [0.25, 0.3) is 0 Å². The highest BCUT2D eigenvalue weighted by Gasteiger charge is 2.50. The minimum Gasteiger partial charge on any atom is -0.399 e. The van der Waals surface area contributed by atoms with Gasteiger partial charge in [0, 0.05) is 11.6 Å². The van der Waals surface area contributed by atoms with Crippen LogP contribution in [-0.4, -0.2) is 5.91 Å². The van der Waals surface area contributed by atoms with Crippen LogP contribution in [-0.2, 0) is 11.2 Å². The van der Waals surface area contributed by atoms with Gasteiger partial charge >= 0.3 is 0 Å². The molecule has 3 rings (SSSR count). The molecule has 20 heavy (non-hydrogen) atoms. The van der Waals surface area contributed by atoms with E-state index in [9.17, 15) is 4.79 Å². The van der Waals surface area contributed by atoms with Gasteiger partial charge < -0.3 is 11.1 Å². The molecular weight excluding hydrogens is 272 g/mol. The second-order valence-electron chi connectivity index (χ2n) is 6.66. The predicted octanol–water partition coefficient (Wildman–Crippen LogP) is 3.23. The third kappa shape index (κ3) is 2.78. The molecule has 2 aliphatic rings. The summed E-state index contributed by atoms with van der Waals surface area (Å²) < 4.78 is 0. The summed E-state index contributed by atoms with van der Waals surface area (Å²) in [5.74, 6) is 0.423. The Hall–Kier alpha value is -1.22. The fraction of sp³-hybridized carbons (Fsp3) is 0.562. The first-order valence-corrected chi connectivity index (χ1v) is 7.16. The largest absolute Gasteiger partial charge is 0.399 e. The molecule has 0 heterocycles. The quantitative estimate of drug-likeness (QED) is 0.823. The van der Waals surface area contributed by atoms with Crippen LogP contribution in [0.4, 0.5) is 5.69 Å². The van der Waals surface area contributed by atoms with Gasteiger partial charge in [-0.1, -0.05) is 19.9 Å². The van der Waals surface area contributed by atoms with Crippen LogP contribution in [0.2, 0.25) is 0 Å². The number of aryl methyl sites for hydroxylation is 1. The molecular formula is C16H23ClN2O. The maximum Gasteiger partial charge on any atom is 0.224 e. The van der Waals surface area contributed by atoms with Crippen molar-refractivity contribution in [3.8, 4) is 0 Å². The summed E-state index contributed by atoms with van der Waals surface area (Å²) >= 11 is 0. The Balaban J connectivity index is 0.00000147. The first-order valence-electron chi connectivity index (χ1n) is 7.16. The van der Waals surface area contributed by atoms with Crippen LogP contribution in [0.1, 0.15) is 50.3 Å². The van der Waals surface area contributed by atoms with Crippen molar-refractivity contribution < 1.29 is 4.79 Å². The van der Waals surface area contributed by atoms with Gasteiger partial charge in [-0.2, -0.15) is 0 Å². The number of anilines is 1. The van der Waals surface area contributed by atoms with E-state index in [4.69, 9.17) is 5.73 Å². The number of hydrogen-bond acceptors (Lipinski definition) is 2. The van der Waals surface area contributed by atoms with E-state index in [0.717, 1.165) is 31.4 Å². The molecule has 2 aliphatic carbocycles. The SMILES string of the molecule is CC1(C)CC1C(=O)NC1CCCc2cc(N)ccc21.Cl. The third-order valence-electron chi connectivity index (χ3n) is 4.63. The number of nitrogens with two attached hydrogens (primary N) is 1. The standard InChI is InChI=1S/C16H22N2O.ClH/c1-16(2)9-13(16)15(19)18-14-5-3-4-10-8-11(17)6-7-12(10)14;/h6-8,13-14H,3-5,9,17H2,1-2H3,(H,18,19);1H. The molecule has 0 saturated heterocycles. The van der Waals surface area contributed by atoms with Gasteiger partial charge in [0.15, 0.2) is 0 Å². The van der Waals surface area contributed by atoms with Crippen LogP contribution in [0.5, 0.6) is 0 Å². The lowest BCUT2D eigenvalue weighted by atomic mass is 9.87. The van der Waals surface area contributed by atoms with Gasteiger partial charge in [-0.3, -0.25) is 4.79 Å². The average molecular weight is 295 g/mol. The molecule has 1 saturated carbocycles. The first-order chi connectivity index (χ1) is 8.97. The van der Waals surface area contributed by atoms with Crippen LogP contribution in [0.3, 0.4) is 0 Å². The normalized spacial score (nSPS) is 26.1. The van der Waals surface area contributed by atoms with Gasteiger partial charge in [-0.25, -0.2) is 0 Å². The summed E-state index contributed by atoms with van der Waals surface area (Å²) in [5, 5.41) is 3.23. The van der Waals surface area contributed by atoms with Crippen molar-refractivity contribution in [1.29, 1.82) is 0 Å². The predicted molar refractivity (Wildman–Crippen MR) is 83.8 cm³/mol. The van der Waals surface area contributed by atoms with E-state index >= 15 is 0 Å². The molecule has 3 N–H and O–H groups in total. The highest BCUT2D eigenvalue weighted by molar-refractivity contribution is 5.85. The summed E-state index contributed by atoms with van der Waals surface area (Å²) in [6, 6.07) is 6.24. The van der Waals surface area contributed by atoms with E-state index in [-0.39, 0.29) is 35.7 Å². The Kier molecular flexibility index (Phi) is 4.01. The summed E-state index contributed by atoms with van der Waals surface area (Å²) in [5.41, 5.74) is 9.40. The summed E-state index contributed by atoms with van der Waals surface area (Å²) in [6.45, 7) is 4.32. The molecule has 0 bridgehead atoms. The van der Waals surface area contributed by atoms with Crippen molar-refractivity contribution in [2.75, 3.05) is 5.73 Å². The van der Waals surface area contributed by atoms with Crippen molar-refractivity contribution in [3.63, 3.8) is 0 Å². The zero-order valence-electron chi connectivity index (χ0n) is 12.1. The van der Waals surface area contributed by atoms with Crippen molar-refractivity contribution in [3.05, 3.63) is 29.3 Å². The summed E-state index contributed by atoms with van der Waals surface area (Å²) in [6.07, 6.45) is 4.24. The molecule has 0 spiro atoms. The maximum atomic E-state index is 12.2. The van der Waals surface area contributed by atoms with Crippen LogP contribution < -0.4 is 11.1 Å². The third-order valence-corrected chi connectivity index (χ3v) is 4.63. The molecule has 0 aliphatic heterocycles.